The standard InChI is InChI=1S/C21H30O3/c1-12(22)16-6-7-17-15-5-4-13-10-14(23)8-9-20(13,2)19(15)18(24)11-21(16,17)3/h8-9,13,15-19,24H,4-7,10-11H2,1-3H3/t13?,15-,16+,17-,18?,19+,20-,21+/m0/s1. The fraction of sp³-hybridized carbons (Fsp3) is 0.810. The van der Waals surface area contributed by atoms with Gasteiger partial charge in [0.15, 0.2) is 5.78 Å². The van der Waals surface area contributed by atoms with Gasteiger partial charge in [-0.2, -0.15) is 0 Å². The second-order valence-electron chi connectivity index (χ2n) is 9.46. The van der Waals surface area contributed by atoms with Gasteiger partial charge in [0, 0.05) is 12.3 Å². The molecule has 0 aromatic heterocycles. The molecule has 0 amide bonds. The average Bonchev–Trinajstić information content (AvgIpc) is 2.84. The maximum atomic E-state index is 12.2. The van der Waals surface area contributed by atoms with Crippen LogP contribution < -0.4 is 0 Å². The van der Waals surface area contributed by atoms with Gasteiger partial charge < -0.3 is 5.11 Å². The van der Waals surface area contributed by atoms with E-state index in [2.05, 4.69) is 19.9 Å². The number of rotatable bonds is 1. The zero-order chi connectivity index (χ0) is 17.3. The summed E-state index contributed by atoms with van der Waals surface area (Å²) in [5, 5.41) is 11.2. The van der Waals surface area contributed by atoms with E-state index in [0.717, 1.165) is 32.1 Å². The van der Waals surface area contributed by atoms with Crippen LogP contribution in [-0.2, 0) is 9.59 Å². The Bertz CT molecular complexity index is 608. The molecular weight excluding hydrogens is 300 g/mol. The van der Waals surface area contributed by atoms with Gasteiger partial charge in [-0.25, -0.2) is 0 Å². The van der Waals surface area contributed by atoms with E-state index >= 15 is 0 Å². The van der Waals surface area contributed by atoms with E-state index in [4.69, 9.17) is 0 Å². The molecule has 24 heavy (non-hydrogen) atoms. The molecule has 3 heteroatoms. The van der Waals surface area contributed by atoms with Crippen molar-refractivity contribution < 1.29 is 14.7 Å². The molecule has 0 spiro atoms. The highest BCUT2D eigenvalue weighted by Gasteiger charge is 2.63. The number of fused-ring (bicyclic) bond motifs is 5. The number of hydrogen-bond donors (Lipinski definition) is 1. The van der Waals surface area contributed by atoms with Crippen LogP contribution in [0.1, 0.15) is 59.3 Å². The SMILES string of the molecule is CC(=O)[C@H]1CC[C@H]2[C@@H]3CCC4CC(=O)C=C[C@]4(C)[C@H]3C(O)C[C@]12C. The van der Waals surface area contributed by atoms with Crippen LogP contribution in [0.25, 0.3) is 0 Å². The summed E-state index contributed by atoms with van der Waals surface area (Å²) in [5.74, 6) is 2.31. The van der Waals surface area contributed by atoms with Gasteiger partial charge in [-0.3, -0.25) is 9.59 Å². The van der Waals surface area contributed by atoms with E-state index in [0.29, 0.717) is 30.0 Å². The molecule has 132 valence electrons. The third-order valence-electron chi connectivity index (χ3n) is 8.46. The van der Waals surface area contributed by atoms with Crippen molar-refractivity contribution in [2.45, 2.75) is 65.4 Å². The van der Waals surface area contributed by atoms with Gasteiger partial charge >= 0.3 is 0 Å². The Labute approximate surface area is 144 Å². The summed E-state index contributed by atoms with van der Waals surface area (Å²) >= 11 is 0. The zero-order valence-corrected chi connectivity index (χ0v) is 15.1. The van der Waals surface area contributed by atoms with Crippen molar-refractivity contribution in [2.75, 3.05) is 0 Å². The summed E-state index contributed by atoms with van der Waals surface area (Å²) in [5.41, 5.74) is -0.101. The lowest BCUT2D eigenvalue weighted by Gasteiger charge is -2.60. The molecule has 0 heterocycles. The van der Waals surface area contributed by atoms with Crippen molar-refractivity contribution in [1.29, 1.82) is 0 Å². The van der Waals surface area contributed by atoms with E-state index in [1.165, 1.54) is 0 Å². The highest BCUT2D eigenvalue weighted by Crippen LogP contribution is 2.66. The molecule has 3 fully saturated rings. The topological polar surface area (TPSA) is 54.4 Å². The summed E-state index contributed by atoms with van der Waals surface area (Å²) in [6.07, 6.45) is 9.19. The summed E-state index contributed by atoms with van der Waals surface area (Å²) < 4.78 is 0. The Balaban J connectivity index is 1.72. The minimum atomic E-state index is -0.359. The molecule has 4 aliphatic carbocycles. The molecule has 3 nitrogen and oxygen atoms in total. The molecule has 0 bridgehead atoms. The smallest absolute Gasteiger partial charge is 0.155 e. The van der Waals surface area contributed by atoms with Gasteiger partial charge in [0.2, 0.25) is 0 Å². The van der Waals surface area contributed by atoms with E-state index in [9.17, 15) is 14.7 Å². The van der Waals surface area contributed by atoms with Crippen LogP contribution in [0.2, 0.25) is 0 Å². The van der Waals surface area contributed by atoms with Crippen molar-refractivity contribution >= 4 is 11.6 Å². The summed E-state index contributed by atoms with van der Waals surface area (Å²) in [7, 11) is 0. The fourth-order valence-electron chi connectivity index (χ4n) is 7.43. The molecule has 2 unspecified atom stereocenters. The maximum absolute atomic E-state index is 12.2. The predicted octanol–water partition coefficient (Wildman–Crippen LogP) is 3.55. The number of aliphatic hydroxyl groups is 1. The number of aliphatic hydroxyl groups excluding tert-OH is 1. The lowest BCUT2D eigenvalue weighted by Crippen LogP contribution is -2.58. The van der Waals surface area contributed by atoms with E-state index < -0.39 is 0 Å². The van der Waals surface area contributed by atoms with Crippen molar-refractivity contribution in [3.63, 3.8) is 0 Å². The monoisotopic (exact) mass is 330 g/mol. The fourth-order valence-corrected chi connectivity index (χ4v) is 7.43. The van der Waals surface area contributed by atoms with Crippen LogP contribution in [0.5, 0.6) is 0 Å². The van der Waals surface area contributed by atoms with Crippen molar-refractivity contribution in [3.8, 4) is 0 Å². The summed E-state index contributed by atoms with van der Waals surface area (Å²) in [4.78, 5) is 24.0. The maximum Gasteiger partial charge on any atom is 0.155 e. The molecular formula is C21H30O3. The minimum absolute atomic E-state index is 0.0379. The Morgan fingerprint density at radius 2 is 1.96 bits per heavy atom. The van der Waals surface area contributed by atoms with Crippen LogP contribution in [0.15, 0.2) is 12.2 Å². The van der Waals surface area contributed by atoms with E-state index in [-0.39, 0.29) is 34.6 Å². The number of carbonyl (C=O) groups is 2. The third-order valence-corrected chi connectivity index (χ3v) is 8.46. The molecule has 0 aromatic carbocycles. The number of carbonyl (C=O) groups excluding carboxylic acids is 2. The Morgan fingerprint density at radius 1 is 1.21 bits per heavy atom. The second kappa shape index (κ2) is 5.27. The largest absolute Gasteiger partial charge is 0.393 e. The molecule has 0 saturated heterocycles. The average molecular weight is 330 g/mol. The quantitative estimate of drug-likeness (QED) is 0.800. The Kier molecular flexibility index (Phi) is 3.62. The Hall–Kier alpha value is -0.960. The second-order valence-corrected chi connectivity index (χ2v) is 9.46. The Morgan fingerprint density at radius 3 is 2.67 bits per heavy atom. The van der Waals surface area contributed by atoms with Gasteiger partial charge in [-0.05, 0) is 79.6 Å². The van der Waals surface area contributed by atoms with Crippen molar-refractivity contribution in [3.05, 3.63) is 12.2 Å². The first-order valence-electron chi connectivity index (χ1n) is 9.68. The van der Waals surface area contributed by atoms with Crippen molar-refractivity contribution in [2.24, 2.45) is 40.4 Å². The van der Waals surface area contributed by atoms with Gasteiger partial charge in [0.05, 0.1) is 6.10 Å². The number of allylic oxidation sites excluding steroid dienone is 2. The first-order valence-corrected chi connectivity index (χ1v) is 9.68. The molecule has 3 saturated carbocycles. The van der Waals surface area contributed by atoms with E-state index in [1.54, 1.807) is 13.0 Å². The van der Waals surface area contributed by atoms with Gasteiger partial charge in [-0.15, -0.1) is 0 Å². The molecule has 0 radical (unpaired) electrons. The number of ketones is 2. The van der Waals surface area contributed by atoms with Crippen LogP contribution in [-0.4, -0.2) is 22.8 Å². The minimum Gasteiger partial charge on any atom is -0.393 e. The molecule has 8 atom stereocenters. The van der Waals surface area contributed by atoms with Gasteiger partial charge in [0.1, 0.15) is 5.78 Å². The first kappa shape index (κ1) is 16.5. The van der Waals surface area contributed by atoms with Gasteiger partial charge in [0.25, 0.3) is 0 Å². The molecule has 0 aliphatic heterocycles. The van der Waals surface area contributed by atoms with Crippen LogP contribution >= 0.6 is 0 Å². The third kappa shape index (κ3) is 2.06. The zero-order valence-electron chi connectivity index (χ0n) is 15.1. The number of Topliss-reactive ketones (excluding diaryl/α,β-unsaturated/α-hetero) is 1. The number of hydrogen-bond acceptors (Lipinski definition) is 3. The molecule has 4 rings (SSSR count). The highest BCUT2D eigenvalue weighted by molar-refractivity contribution is 5.91. The summed E-state index contributed by atoms with van der Waals surface area (Å²) in [6, 6.07) is 0. The highest BCUT2D eigenvalue weighted by atomic mass is 16.3. The molecule has 4 aliphatic rings. The molecule has 0 aromatic rings. The normalized spacial score (nSPS) is 53.2. The summed E-state index contributed by atoms with van der Waals surface area (Å²) in [6.45, 7) is 6.25. The molecule has 1 N–H and O–H groups in total. The predicted molar refractivity (Wildman–Crippen MR) is 92.2 cm³/mol. The van der Waals surface area contributed by atoms with Crippen LogP contribution in [0, 0.1) is 40.4 Å². The van der Waals surface area contributed by atoms with Crippen LogP contribution in [0.3, 0.4) is 0 Å². The van der Waals surface area contributed by atoms with E-state index in [1.807, 2.05) is 0 Å². The van der Waals surface area contributed by atoms with Gasteiger partial charge in [-0.1, -0.05) is 19.9 Å². The lowest BCUT2D eigenvalue weighted by atomic mass is 9.45. The first-order chi connectivity index (χ1) is 11.3. The van der Waals surface area contributed by atoms with Crippen LogP contribution in [0.4, 0.5) is 0 Å². The van der Waals surface area contributed by atoms with Crippen molar-refractivity contribution in [1.82, 2.24) is 0 Å². The lowest BCUT2D eigenvalue weighted by molar-refractivity contribution is -0.155.